The van der Waals surface area contributed by atoms with Crippen molar-refractivity contribution in [2.45, 2.75) is 30.9 Å². The number of nitrogens with one attached hydrogen (secondary N) is 2. The summed E-state index contributed by atoms with van der Waals surface area (Å²) in [6, 6.07) is 7.88. The molecule has 0 radical (unpaired) electrons. The van der Waals surface area contributed by atoms with Gasteiger partial charge in [0.2, 0.25) is 5.91 Å². The first-order chi connectivity index (χ1) is 9.49. The molecule has 0 fully saturated rings. The molecule has 1 amide bonds. The number of hydrogen-bond donors (Lipinski definition) is 4. The summed E-state index contributed by atoms with van der Waals surface area (Å²) in [5, 5.41) is 10.2. The standard InChI is InChI=1S/C13H20N4OS2/c1-9-3-5-11(6-4-9)16-17-14-8-7-12(19)13(20)15-10(2)18/h3-6,12-13,19-20H,7-8H2,1-2H3,(H,14,16)(H,15,18). The van der Waals surface area contributed by atoms with Gasteiger partial charge in [-0.15, -0.1) is 0 Å². The summed E-state index contributed by atoms with van der Waals surface area (Å²) >= 11 is 8.63. The summed E-state index contributed by atoms with van der Waals surface area (Å²) in [4.78, 5) is 10.9. The Kier molecular flexibility index (Phi) is 7.46. The van der Waals surface area contributed by atoms with E-state index in [0.717, 1.165) is 5.69 Å². The Morgan fingerprint density at radius 2 is 1.95 bits per heavy atom. The summed E-state index contributed by atoms with van der Waals surface area (Å²) in [7, 11) is 0. The van der Waals surface area contributed by atoms with E-state index < -0.39 is 0 Å². The molecule has 0 aromatic heterocycles. The highest BCUT2D eigenvalue weighted by Crippen LogP contribution is 2.11. The molecule has 2 unspecified atom stereocenters. The third-order valence-electron chi connectivity index (χ3n) is 2.54. The molecule has 0 aliphatic carbocycles. The molecular weight excluding hydrogens is 292 g/mol. The molecule has 7 heteroatoms. The Hall–Kier alpha value is -1.21. The van der Waals surface area contributed by atoms with Gasteiger partial charge < -0.3 is 5.32 Å². The quantitative estimate of drug-likeness (QED) is 0.271. The summed E-state index contributed by atoms with van der Waals surface area (Å²) in [6.45, 7) is 4.00. The van der Waals surface area contributed by atoms with Crippen molar-refractivity contribution in [1.29, 1.82) is 0 Å². The lowest BCUT2D eigenvalue weighted by Gasteiger charge is -2.17. The largest absolute Gasteiger partial charge is 0.344 e. The van der Waals surface area contributed by atoms with E-state index in [2.05, 4.69) is 46.3 Å². The van der Waals surface area contributed by atoms with Crippen molar-refractivity contribution in [3.63, 3.8) is 0 Å². The maximum absolute atomic E-state index is 10.9. The van der Waals surface area contributed by atoms with Crippen LogP contribution in [0.3, 0.4) is 0 Å². The Morgan fingerprint density at radius 3 is 2.55 bits per heavy atom. The Balaban J connectivity index is 2.24. The van der Waals surface area contributed by atoms with E-state index in [9.17, 15) is 4.79 Å². The van der Waals surface area contributed by atoms with E-state index in [1.54, 1.807) is 0 Å². The first-order valence-corrected chi connectivity index (χ1v) is 7.34. The summed E-state index contributed by atoms with van der Waals surface area (Å²) in [5.41, 5.74) is 4.94. The number of aryl methyl sites for hydroxylation is 1. The summed E-state index contributed by atoms with van der Waals surface area (Å²) in [6.07, 6.45) is 0.677. The van der Waals surface area contributed by atoms with Crippen molar-refractivity contribution in [2.75, 3.05) is 12.0 Å². The van der Waals surface area contributed by atoms with Crippen LogP contribution in [0.25, 0.3) is 0 Å². The maximum Gasteiger partial charge on any atom is 0.217 e. The molecule has 20 heavy (non-hydrogen) atoms. The zero-order valence-electron chi connectivity index (χ0n) is 11.6. The Morgan fingerprint density at radius 1 is 1.30 bits per heavy atom. The fourth-order valence-corrected chi connectivity index (χ4v) is 1.94. The van der Waals surface area contributed by atoms with Crippen LogP contribution in [0.15, 0.2) is 34.6 Å². The fraction of sp³-hybridized carbons (Fsp3) is 0.462. The highest BCUT2D eigenvalue weighted by atomic mass is 32.1. The van der Waals surface area contributed by atoms with E-state index in [1.165, 1.54) is 12.5 Å². The van der Waals surface area contributed by atoms with Crippen molar-refractivity contribution >= 4 is 36.9 Å². The molecular formula is C13H20N4OS2. The molecule has 0 aliphatic heterocycles. The van der Waals surface area contributed by atoms with Crippen LogP contribution in [-0.2, 0) is 4.79 Å². The number of hydrogen-bond acceptors (Lipinski definition) is 5. The first-order valence-electron chi connectivity index (χ1n) is 6.31. The lowest BCUT2D eigenvalue weighted by Crippen LogP contribution is -2.35. The van der Waals surface area contributed by atoms with Gasteiger partial charge in [0.15, 0.2) is 0 Å². The van der Waals surface area contributed by atoms with Crippen LogP contribution in [0.1, 0.15) is 18.9 Å². The second-order valence-corrected chi connectivity index (χ2v) is 5.66. The van der Waals surface area contributed by atoms with Crippen molar-refractivity contribution < 1.29 is 4.79 Å². The number of benzene rings is 1. The van der Waals surface area contributed by atoms with Crippen molar-refractivity contribution in [3.05, 3.63) is 29.8 Å². The minimum atomic E-state index is -0.281. The smallest absolute Gasteiger partial charge is 0.217 e. The molecule has 0 spiro atoms. The molecule has 1 aromatic rings. The van der Waals surface area contributed by atoms with Crippen molar-refractivity contribution in [2.24, 2.45) is 10.3 Å². The van der Waals surface area contributed by atoms with E-state index in [4.69, 9.17) is 0 Å². The monoisotopic (exact) mass is 312 g/mol. The predicted octanol–water partition coefficient (Wildman–Crippen LogP) is 2.85. The molecule has 2 N–H and O–H groups in total. The number of rotatable bonds is 7. The minimum Gasteiger partial charge on any atom is -0.344 e. The molecule has 0 saturated carbocycles. The number of carbonyl (C=O) groups excluding carboxylic acids is 1. The highest BCUT2D eigenvalue weighted by molar-refractivity contribution is 7.85. The number of nitrogens with zero attached hydrogens (tertiary/aromatic N) is 2. The van der Waals surface area contributed by atoms with Gasteiger partial charge in [0.25, 0.3) is 0 Å². The summed E-state index contributed by atoms with van der Waals surface area (Å²) in [5.74, 6) is -0.119. The average molecular weight is 312 g/mol. The van der Waals surface area contributed by atoms with Crippen LogP contribution >= 0.6 is 25.3 Å². The number of anilines is 1. The third kappa shape index (κ3) is 6.81. The third-order valence-corrected chi connectivity index (χ3v) is 3.82. The second-order valence-electron chi connectivity index (χ2n) is 4.44. The van der Waals surface area contributed by atoms with Crippen LogP contribution in [0.5, 0.6) is 0 Å². The number of amides is 1. The zero-order chi connectivity index (χ0) is 15.0. The van der Waals surface area contributed by atoms with Gasteiger partial charge in [0.05, 0.1) is 17.6 Å². The fourth-order valence-electron chi connectivity index (χ4n) is 1.42. The average Bonchev–Trinajstić information content (AvgIpc) is 2.39. The summed E-state index contributed by atoms with van der Waals surface area (Å²) < 4.78 is 0. The van der Waals surface area contributed by atoms with Gasteiger partial charge >= 0.3 is 0 Å². The van der Waals surface area contributed by atoms with Crippen LogP contribution in [-0.4, -0.2) is 23.1 Å². The number of thiol groups is 2. The van der Waals surface area contributed by atoms with E-state index in [0.29, 0.717) is 13.0 Å². The van der Waals surface area contributed by atoms with Gasteiger partial charge in [0, 0.05) is 12.2 Å². The van der Waals surface area contributed by atoms with Gasteiger partial charge in [-0.2, -0.15) is 30.4 Å². The van der Waals surface area contributed by atoms with Crippen LogP contribution in [0.4, 0.5) is 5.69 Å². The molecule has 0 aliphatic rings. The van der Waals surface area contributed by atoms with Gasteiger partial charge in [-0.3, -0.25) is 10.2 Å². The Bertz CT molecular complexity index is 450. The SMILES string of the molecule is CC(=O)NC(S)C(S)CCN=NNc1ccc(C)cc1. The van der Waals surface area contributed by atoms with Crippen LogP contribution in [0.2, 0.25) is 0 Å². The molecule has 1 aromatic carbocycles. The van der Waals surface area contributed by atoms with Crippen molar-refractivity contribution in [3.8, 4) is 0 Å². The maximum atomic E-state index is 10.9. The van der Waals surface area contributed by atoms with E-state index in [1.807, 2.05) is 31.2 Å². The van der Waals surface area contributed by atoms with E-state index >= 15 is 0 Å². The zero-order valence-corrected chi connectivity index (χ0v) is 13.4. The van der Waals surface area contributed by atoms with Gasteiger partial charge in [-0.05, 0) is 25.5 Å². The second kappa shape index (κ2) is 8.86. The predicted molar refractivity (Wildman–Crippen MR) is 88.5 cm³/mol. The van der Waals surface area contributed by atoms with E-state index in [-0.39, 0.29) is 16.5 Å². The molecule has 2 atom stereocenters. The van der Waals surface area contributed by atoms with Crippen LogP contribution < -0.4 is 10.7 Å². The molecule has 0 saturated heterocycles. The van der Waals surface area contributed by atoms with Gasteiger partial charge in [-0.25, -0.2) is 0 Å². The topological polar surface area (TPSA) is 65.8 Å². The highest BCUT2D eigenvalue weighted by Gasteiger charge is 2.13. The van der Waals surface area contributed by atoms with Gasteiger partial charge in [-0.1, -0.05) is 22.9 Å². The molecule has 110 valence electrons. The number of carbonyl (C=O) groups is 1. The van der Waals surface area contributed by atoms with Crippen LogP contribution in [0, 0.1) is 6.92 Å². The molecule has 0 heterocycles. The Labute approximate surface area is 130 Å². The lowest BCUT2D eigenvalue weighted by molar-refractivity contribution is -0.119. The minimum absolute atomic E-state index is 0.0689. The normalized spacial score (nSPS) is 14.0. The molecule has 0 bridgehead atoms. The first kappa shape index (κ1) is 16.8. The molecule has 5 nitrogen and oxygen atoms in total. The van der Waals surface area contributed by atoms with Gasteiger partial charge in [0.1, 0.15) is 0 Å². The lowest BCUT2D eigenvalue weighted by atomic mass is 10.2. The molecule has 1 rings (SSSR count). The van der Waals surface area contributed by atoms with Crippen molar-refractivity contribution in [1.82, 2.24) is 5.32 Å².